The molecule has 0 aromatic carbocycles. The highest BCUT2D eigenvalue weighted by Crippen LogP contribution is 2.17. The molecular formula is C14H27N3O3. The van der Waals surface area contributed by atoms with Gasteiger partial charge in [-0.05, 0) is 13.8 Å². The van der Waals surface area contributed by atoms with Crippen molar-refractivity contribution in [3.8, 4) is 0 Å². The van der Waals surface area contributed by atoms with E-state index >= 15 is 0 Å². The van der Waals surface area contributed by atoms with Crippen LogP contribution in [0.5, 0.6) is 0 Å². The maximum Gasteiger partial charge on any atom is 0.320 e. The lowest BCUT2D eigenvalue weighted by molar-refractivity contribution is 0.0111. The number of piperazine rings is 1. The molecule has 116 valence electrons. The van der Waals surface area contributed by atoms with E-state index in [2.05, 4.69) is 18.7 Å². The molecule has 2 rings (SSSR count). The summed E-state index contributed by atoms with van der Waals surface area (Å²) in [6.45, 7) is 10.4. The number of carbonyl (C=O) groups excluding carboxylic acids is 1. The van der Waals surface area contributed by atoms with Gasteiger partial charge in [-0.2, -0.15) is 0 Å². The number of carbonyl (C=O) groups is 1. The Labute approximate surface area is 121 Å². The first-order valence-electron chi connectivity index (χ1n) is 7.49. The van der Waals surface area contributed by atoms with Gasteiger partial charge in [0, 0.05) is 51.9 Å². The second-order valence-electron chi connectivity index (χ2n) is 5.72. The van der Waals surface area contributed by atoms with Crippen LogP contribution in [0.15, 0.2) is 0 Å². The van der Waals surface area contributed by atoms with E-state index in [0.29, 0.717) is 38.4 Å². The zero-order valence-corrected chi connectivity index (χ0v) is 12.9. The van der Waals surface area contributed by atoms with Gasteiger partial charge >= 0.3 is 6.03 Å². The molecule has 6 nitrogen and oxygen atoms in total. The predicted molar refractivity (Wildman–Crippen MR) is 76.9 cm³/mol. The van der Waals surface area contributed by atoms with Crippen LogP contribution in [-0.4, -0.2) is 92.5 Å². The topological polar surface area (TPSA) is 45.2 Å². The first-order chi connectivity index (χ1) is 9.63. The van der Waals surface area contributed by atoms with Gasteiger partial charge in [0.05, 0.1) is 19.8 Å². The van der Waals surface area contributed by atoms with Gasteiger partial charge in [0.25, 0.3) is 0 Å². The average Bonchev–Trinajstić information content (AvgIpc) is 2.46. The molecule has 2 aliphatic heterocycles. The van der Waals surface area contributed by atoms with E-state index in [1.54, 1.807) is 7.11 Å². The van der Waals surface area contributed by atoms with Crippen LogP contribution in [-0.2, 0) is 9.47 Å². The highest BCUT2D eigenvalue weighted by atomic mass is 16.5. The number of rotatable bonds is 3. The second-order valence-corrected chi connectivity index (χ2v) is 5.72. The van der Waals surface area contributed by atoms with Crippen molar-refractivity contribution >= 4 is 6.03 Å². The molecule has 2 fully saturated rings. The minimum Gasteiger partial charge on any atom is -0.383 e. The largest absolute Gasteiger partial charge is 0.383 e. The normalized spacial score (nSPS) is 28.8. The third-order valence-electron chi connectivity index (χ3n) is 4.21. The van der Waals surface area contributed by atoms with E-state index in [9.17, 15) is 4.79 Å². The molecule has 0 N–H and O–H groups in total. The van der Waals surface area contributed by atoms with E-state index in [0.717, 1.165) is 26.2 Å². The maximum absolute atomic E-state index is 12.5. The van der Waals surface area contributed by atoms with Crippen LogP contribution >= 0.6 is 0 Å². The van der Waals surface area contributed by atoms with Crippen LogP contribution in [0.1, 0.15) is 13.8 Å². The molecule has 6 heteroatoms. The molecule has 0 bridgehead atoms. The SMILES string of the molecule is COCCN1C(C)CN(C(=O)N2CCOCC2)CC1C. The molecule has 0 radical (unpaired) electrons. The summed E-state index contributed by atoms with van der Waals surface area (Å²) in [7, 11) is 1.73. The van der Waals surface area contributed by atoms with Crippen molar-refractivity contribution in [2.75, 3.05) is 59.7 Å². The number of amides is 2. The smallest absolute Gasteiger partial charge is 0.320 e. The molecule has 0 saturated carbocycles. The summed E-state index contributed by atoms with van der Waals surface area (Å²) in [6.07, 6.45) is 0. The Bertz CT molecular complexity index is 309. The highest BCUT2D eigenvalue weighted by Gasteiger charge is 2.33. The maximum atomic E-state index is 12.5. The molecule has 0 aromatic heterocycles. The van der Waals surface area contributed by atoms with Gasteiger partial charge in [0.1, 0.15) is 0 Å². The fourth-order valence-corrected chi connectivity index (χ4v) is 3.10. The molecule has 0 aromatic rings. The Morgan fingerprint density at radius 1 is 1.15 bits per heavy atom. The molecule has 0 spiro atoms. The van der Waals surface area contributed by atoms with Gasteiger partial charge in [-0.15, -0.1) is 0 Å². The van der Waals surface area contributed by atoms with E-state index in [-0.39, 0.29) is 6.03 Å². The van der Waals surface area contributed by atoms with E-state index < -0.39 is 0 Å². The fourth-order valence-electron chi connectivity index (χ4n) is 3.10. The number of methoxy groups -OCH3 is 1. The quantitative estimate of drug-likeness (QED) is 0.756. The Morgan fingerprint density at radius 2 is 1.75 bits per heavy atom. The standard InChI is InChI=1S/C14H27N3O3/c1-12-10-16(11-13(2)17(12)6-7-19-3)14(18)15-4-8-20-9-5-15/h12-13H,4-11H2,1-3H3. The van der Waals surface area contributed by atoms with Crippen molar-refractivity contribution in [1.29, 1.82) is 0 Å². The average molecular weight is 285 g/mol. The summed E-state index contributed by atoms with van der Waals surface area (Å²) in [6, 6.07) is 0.913. The summed E-state index contributed by atoms with van der Waals surface area (Å²) < 4.78 is 10.5. The third kappa shape index (κ3) is 3.62. The van der Waals surface area contributed by atoms with Crippen molar-refractivity contribution < 1.29 is 14.3 Å². The van der Waals surface area contributed by atoms with Crippen molar-refractivity contribution in [3.05, 3.63) is 0 Å². The zero-order chi connectivity index (χ0) is 14.5. The van der Waals surface area contributed by atoms with Crippen LogP contribution in [0, 0.1) is 0 Å². The van der Waals surface area contributed by atoms with Gasteiger partial charge in [-0.25, -0.2) is 4.79 Å². The van der Waals surface area contributed by atoms with Gasteiger partial charge in [0.15, 0.2) is 0 Å². The fraction of sp³-hybridized carbons (Fsp3) is 0.929. The summed E-state index contributed by atoms with van der Waals surface area (Å²) in [5, 5.41) is 0. The molecule has 2 heterocycles. The summed E-state index contributed by atoms with van der Waals surface area (Å²) in [4.78, 5) is 18.8. The number of hydrogen-bond donors (Lipinski definition) is 0. The molecule has 2 amide bonds. The molecule has 2 aliphatic rings. The summed E-state index contributed by atoms with van der Waals surface area (Å²) in [5.41, 5.74) is 0. The molecule has 2 unspecified atom stereocenters. The summed E-state index contributed by atoms with van der Waals surface area (Å²) >= 11 is 0. The lowest BCUT2D eigenvalue weighted by Gasteiger charge is -2.45. The Hall–Kier alpha value is -0.850. The van der Waals surface area contributed by atoms with Crippen molar-refractivity contribution in [2.45, 2.75) is 25.9 Å². The van der Waals surface area contributed by atoms with Gasteiger partial charge in [-0.1, -0.05) is 0 Å². The van der Waals surface area contributed by atoms with Crippen LogP contribution in [0.2, 0.25) is 0 Å². The van der Waals surface area contributed by atoms with Gasteiger partial charge in [-0.3, -0.25) is 4.90 Å². The Kier molecular flexibility index (Phi) is 5.63. The van der Waals surface area contributed by atoms with E-state index in [1.165, 1.54) is 0 Å². The van der Waals surface area contributed by atoms with Crippen LogP contribution in [0.3, 0.4) is 0 Å². The van der Waals surface area contributed by atoms with E-state index in [4.69, 9.17) is 9.47 Å². The molecule has 0 aliphatic carbocycles. The first kappa shape index (κ1) is 15.5. The molecular weight excluding hydrogens is 258 g/mol. The van der Waals surface area contributed by atoms with E-state index in [1.807, 2.05) is 9.80 Å². The first-order valence-corrected chi connectivity index (χ1v) is 7.49. The Morgan fingerprint density at radius 3 is 2.30 bits per heavy atom. The van der Waals surface area contributed by atoms with Crippen molar-refractivity contribution in [2.24, 2.45) is 0 Å². The number of urea groups is 1. The second kappa shape index (κ2) is 7.24. The zero-order valence-electron chi connectivity index (χ0n) is 12.9. The van der Waals surface area contributed by atoms with Crippen molar-refractivity contribution in [3.63, 3.8) is 0 Å². The number of nitrogens with zero attached hydrogens (tertiary/aromatic N) is 3. The van der Waals surface area contributed by atoms with Gasteiger partial charge in [0.2, 0.25) is 0 Å². The monoisotopic (exact) mass is 285 g/mol. The van der Waals surface area contributed by atoms with Crippen LogP contribution in [0.25, 0.3) is 0 Å². The molecule has 2 saturated heterocycles. The molecule has 2 atom stereocenters. The van der Waals surface area contributed by atoms with Crippen LogP contribution in [0.4, 0.5) is 4.79 Å². The number of hydrogen-bond acceptors (Lipinski definition) is 4. The lowest BCUT2D eigenvalue weighted by Crippen LogP contribution is -2.61. The lowest BCUT2D eigenvalue weighted by atomic mass is 10.1. The third-order valence-corrected chi connectivity index (χ3v) is 4.21. The Balaban J connectivity index is 1.90. The molecule has 20 heavy (non-hydrogen) atoms. The summed E-state index contributed by atoms with van der Waals surface area (Å²) in [5.74, 6) is 0. The predicted octanol–water partition coefficient (Wildman–Crippen LogP) is 0.480. The highest BCUT2D eigenvalue weighted by molar-refractivity contribution is 5.74. The minimum absolute atomic E-state index is 0.165. The van der Waals surface area contributed by atoms with Crippen molar-refractivity contribution in [1.82, 2.24) is 14.7 Å². The number of ether oxygens (including phenoxy) is 2. The number of morpholine rings is 1. The van der Waals surface area contributed by atoms with Gasteiger partial charge < -0.3 is 19.3 Å². The minimum atomic E-state index is 0.165. The van der Waals surface area contributed by atoms with Crippen LogP contribution < -0.4 is 0 Å².